The highest BCUT2D eigenvalue weighted by molar-refractivity contribution is 5.91. The molecular weight excluding hydrogens is 388 g/mol. The summed E-state index contributed by atoms with van der Waals surface area (Å²) < 4.78 is 10.3. The number of ketones is 1. The second-order valence-corrected chi connectivity index (χ2v) is 8.63. The molecule has 0 unspecified atom stereocenters. The van der Waals surface area contributed by atoms with Crippen molar-refractivity contribution in [1.82, 2.24) is 0 Å². The van der Waals surface area contributed by atoms with Gasteiger partial charge in [0.25, 0.3) is 0 Å². The Bertz CT molecular complexity index is 794. The number of allylic oxidation sites excluding steroid dienone is 2. The highest BCUT2D eigenvalue weighted by Crippen LogP contribution is 2.61. The maximum Gasteiger partial charge on any atom is 0.505 e. The molecule has 0 aromatic rings. The average molecular weight is 419 g/mol. The van der Waals surface area contributed by atoms with Gasteiger partial charge < -0.3 is 14.6 Å². The lowest BCUT2D eigenvalue weighted by molar-refractivity contribution is -0.150. The summed E-state index contributed by atoms with van der Waals surface area (Å²) in [5, 5.41) is 19.7. The van der Waals surface area contributed by atoms with Gasteiger partial charge in [-0.25, -0.2) is 4.79 Å². The zero-order valence-corrected chi connectivity index (χ0v) is 18.1. The van der Waals surface area contributed by atoms with Crippen molar-refractivity contribution in [2.24, 2.45) is 29.1 Å². The van der Waals surface area contributed by atoms with Gasteiger partial charge in [-0.1, -0.05) is 26.3 Å². The van der Waals surface area contributed by atoms with Crippen LogP contribution in [0.2, 0.25) is 0 Å². The van der Waals surface area contributed by atoms with Gasteiger partial charge in [0.15, 0.2) is 4.98 Å². The van der Waals surface area contributed by atoms with Crippen LogP contribution in [-0.4, -0.2) is 35.5 Å². The summed E-state index contributed by atoms with van der Waals surface area (Å²) in [4.78, 5) is 39.6. The molecule has 2 rings (SSSR count). The van der Waals surface area contributed by atoms with E-state index in [4.69, 9.17) is 9.47 Å². The van der Waals surface area contributed by atoms with Crippen LogP contribution >= 0.6 is 0 Å². The predicted octanol–water partition coefficient (Wildman–Crippen LogP) is 3.94. The van der Waals surface area contributed by atoms with E-state index < -0.39 is 41.3 Å². The first-order valence-corrected chi connectivity index (χ1v) is 10.4. The second kappa shape index (κ2) is 9.41. The van der Waals surface area contributed by atoms with E-state index in [2.05, 4.69) is 11.6 Å². The van der Waals surface area contributed by atoms with E-state index in [9.17, 15) is 24.9 Å². The van der Waals surface area contributed by atoms with E-state index in [1.807, 2.05) is 19.9 Å². The average Bonchev–Trinajstić information content (AvgIpc) is 3.01. The molecule has 30 heavy (non-hydrogen) atoms. The van der Waals surface area contributed by atoms with Crippen LogP contribution < -0.4 is 0 Å². The Labute approximate surface area is 176 Å². The third-order valence-electron chi connectivity index (χ3n) is 6.46. The van der Waals surface area contributed by atoms with Crippen LogP contribution in [0.5, 0.6) is 0 Å². The predicted molar refractivity (Wildman–Crippen MR) is 108 cm³/mol. The molecule has 8 nitrogen and oxygen atoms in total. The van der Waals surface area contributed by atoms with Crippen molar-refractivity contribution in [2.45, 2.75) is 59.5 Å². The van der Waals surface area contributed by atoms with E-state index >= 15 is 0 Å². The number of hydrogen-bond donors (Lipinski definition) is 1. The summed E-state index contributed by atoms with van der Waals surface area (Å²) in [5.41, 5.74) is -0.695. The van der Waals surface area contributed by atoms with Crippen molar-refractivity contribution >= 4 is 17.7 Å². The van der Waals surface area contributed by atoms with Crippen molar-refractivity contribution in [3.8, 4) is 0 Å². The minimum absolute atomic E-state index is 0.00521. The monoisotopic (exact) mass is 419 g/mol. The fourth-order valence-corrected chi connectivity index (χ4v) is 4.93. The topological polar surface area (TPSA) is 118 Å². The molecule has 0 aliphatic heterocycles. The van der Waals surface area contributed by atoms with Crippen molar-refractivity contribution < 1.29 is 29.0 Å². The van der Waals surface area contributed by atoms with Crippen LogP contribution in [0.25, 0.3) is 4.98 Å². The maximum atomic E-state index is 13.1. The Morgan fingerprint density at radius 3 is 2.43 bits per heavy atom. The van der Waals surface area contributed by atoms with Gasteiger partial charge in [-0.15, -0.1) is 6.58 Å². The number of diazo groups is 1. The fraction of sp³-hybridized carbons (Fsp3) is 0.682. The molecule has 0 aromatic carbocycles. The largest absolute Gasteiger partial charge is 0.505 e. The molecule has 0 heterocycles. The number of nitrogens with zero attached hydrogens (tertiary/aromatic N) is 2. The Kier molecular flexibility index (Phi) is 7.40. The summed E-state index contributed by atoms with van der Waals surface area (Å²) in [6, 6.07) is 0. The van der Waals surface area contributed by atoms with Gasteiger partial charge in [-0.2, -0.15) is 0 Å². The molecule has 0 amide bonds. The van der Waals surface area contributed by atoms with Crippen molar-refractivity contribution in [1.29, 1.82) is 5.39 Å². The molecule has 164 valence electrons. The molecule has 0 bridgehead atoms. The lowest BCUT2D eigenvalue weighted by Crippen LogP contribution is -2.30. The van der Waals surface area contributed by atoms with Crippen molar-refractivity contribution in [3.05, 3.63) is 29.1 Å². The number of rotatable bonds is 9. The van der Waals surface area contributed by atoms with Gasteiger partial charge in [0.05, 0.1) is 6.61 Å². The molecule has 2 fully saturated rings. The molecule has 0 spiro atoms. The van der Waals surface area contributed by atoms with Crippen molar-refractivity contribution in [2.75, 3.05) is 6.61 Å². The number of aliphatic hydroxyl groups is 1. The van der Waals surface area contributed by atoms with E-state index in [0.29, 0.717) is 19.3 Å². The maximum absolute atomic E-state index is 13.1. The summed E-state index contributed by atoms with van der Waals surface area (Å²) >= 11 is 0. The van der Waals surface area contributed by atoms with Gasteiger partial charge in [0, 0.05) is 31.1 Å². The summed E-state index contributed by atoms with van der Waals surface area (Å²) in [6.45, 7) is 10.9. The minimum Gasteiger partial charge on any atom is -0.505 e. The smallest absolute Gasteiger partial charge is 0.505 e. The molecule has 0 saturated heterocycles. The van der Waals surface area contributed by atoms with Crippen LogP contribution in [0.15, 0.2) is 24.1 Å². The SMILES string of the molecule is C=C[C@H]1[C@@H]([C@@H](CC(=O)[C@@H]2CCC[C@H]2/C(O)=C(\[N+]#N)C(=O)OCC)OC(C)=O)C1(C)C. The molecular formula is C22H31N2O6+. The number of esters is 2. The molecule has 2 saturated carbocycles. The van der Waals surface area contributed by atoms with Gasteiger partial charge in [0.1, 0.15) is 11.9 Å². The quantitative estimate of drug-likeness (QED) is 0.198. The molecule has 1 N–H and O–H groups in total. The number of carbonyl (C=O) groups is 3. The molecule has 0 radical (unpaired) electrons. The fourth-order valence-electron chi connectivity index (χ4n) is 4.93. The number of carbonyl (C=O) groups excluding carboxylic acids is 3. The van der Waals surface area contributed by atoms with E-state index in [1.165, 1.54) is 6.92 Å². The van der Waals surface area contributed by atoms with Crippen LogP contribution in [0.1, 0.15) is 53.4 Å². The van der Waals surface area contributed by atoms with Crippen LogP contribution in [0.3, 0.4) is 0 Å². The number of aliphatic hydroxyl groups excluding tert-OH is 1. The highest BCUT2D eigenvalue weighted by Gasteiger charge is 2.61. The third kappa shape index (κ3) is 4.72. The standard InChI is InChI=1S/C22H30N2O6/c1-6-15-18(22(15,4)5)17(30-12(3)25)11-16(26)13-9-8-10-14(13)20(27)19(24-23)21(28)29-7-2/h6,13-15,17-18H,1,7-11H2,2-5H3/p+1/t13-,14-,15+,17-,18+/m1/s1. The molecule has 2 aliphatic rings. The Morgan fingerprint density at radius 1 is 1.30 bits per heavy atom. The lowest BCUT2D eigenvalue weighted by atomic mass is 9.86. The molecule has 0 aromatic heterocycles. The summed E-state index contributed by atoms with van der Waals surface area (Å²) in [7, 11) is 0. The molecule has 5 atom stereocenters. The first-order valence-electron chi connectivity index (χ1n) is 10.4. The Morgan fingerprint density at radius 2 is 1.93 bits per heavy atom. The van der Waals surface area contributed by atoms with E-state index in [1.54, 1.807) is 6.92 Å². The normalized spacial score (nSPS) is 28.5. The van der Waals surface area contributed by atoms with Crippen LogP contribution in [0, 0.1) is 34.5 Å². The van der Waals surface area contributed by atoms with Gasteiger partial charge in [-0.3, -0.25) is 9.59 Å². The highest BCUT2D eigenvalue weighted by atomic mass is 16.5. The zero-order valence-electron chi connectivity index (χ0n) is 18.1. The number of ether oxygens (including phenoxy) is 2. The van der Waals surface area contributed by atoms with Gasteiger partial charge in [-0.05, 0) is 31.1 Å². The molecule has 2 aliphatic carbocycles. The summed E-state index contributed by atoms with van der Waals surface area (Å²) in [6.07, 6.45) is 2.95. The van der Waals surface area contributed by atoms with Crippen LogP contribution in [-0.2, 0) is 23.9 Å². The van der Waals surface area contributed by atoms with E-state index in [0.717, 1.165) is 0 Å². The lowest BCUT2D eigenvalue weighted by Gasteiger charge is -2.22. The Balaban J connectivity index is 2.21. The summed E-state index contributed by atoms with van der Waals surface area (Å²) in [5.74, 6) is -3.05. The zero-order chi connectivity index (χ0) is 22.6. The molecule has 8 heteroatoms. The number of hydrogen-bond acceptors (Lipinski definition) is 7. The Hall–Kier alpha value is -2.69. The van der Waals surface area contributed by atoms with Crippen molar-refractivity contribution in [3.63, 3.8) is 0 Å². The first-order chi connectivity index (χ1) is 14.1. The second-order valence-electron chi connectivity index (χ2n) is 8.63. The first kappa shape index (κ1) is 23.6. The third-order valence-corrected chi connectivity index (χ3v) is 6.46. The van der Waals surface area contributed by atoms with Gasteiger partial charge in [0.2, 0.25) is 11.2 Å². The minimum atomic E-state index is -0.943. The van der Waals surface area contributed by atoms with E-state index in [-0.39, 0.29) is 36.1 Å². The van der Waals surface area contributed by atoms with Gasteiger partial charge >= 0.3 is 17.6 Å². The van der Waals surface area contributed by atoms with Crippen LogP contribution in [0.4, 0.5) is 0 Å². The number of Topliss-reactive ketones (excluding diaryl/α,β-unsaturated/α-hetero) is 1.